The molecule has 0 saturated carbocycles. The molecule has 0 unspecified atom stereocenters. The van der Waals surface area contributed by atoms with Crippen LogP contribution >= 0.6 is 0 Å². The number of hydrogen-bond acceptors (Lipinski definition) is 4. The Hall–Kier alpha value is -2.61. The summed E-state index contributed by atoms with van der Waals surface area (Å²) in [6.07, 6.45) is -2.71. The number of halogens is 3. The van der Waals surface area contributed by atoms with Gasteiger partial charge in [-0.2, -0.15) is 13.2 Å². The maximum Gasteiger partial charge on any atom is 0.417 e. The van der Waals surface area contributed by atoms with Crippen molar-refractivity contribution in [2.24, 2.45) is 0 Å². The molecule has 1 aliphatic heterocycles. The first-order valence-electron chi connectivity index (χ1n) is 10.1. The van der Waals surface area contributed by atoms with Crippen LogP contribution in [0, 0.1) is 6.92 Å². The van der Waals surface area contributed by atoms with Crippen LogP contribution in [0.25, 0.3) is 0 Å². The summed E-state index contributed by atoms with van der Waals surface area (Å²) in [5.41, 5.74) is 1.52. The number of aromatic nitrogens is 1. The van der Waals surface area contributed by atoms with Crippen molar-refractivity contribution in [2.75, 3.05) is 37.6 Å². The molecule has 1 fully saturated rings. The summed E-state index contributed by atoms with van der Waals surface area (Å²) < 4.78 is 38.0. The third kappa shape index (κ3) is 5.72. The summed E-state index contributed by atoms with van der Waals surface area (Å²) in [4.78, 5) is 20.5. The van der Waals surface area contributed by atoms with Gasteiger partial charge in [0.2, 0.25) is 5.91 Å². The monoisotopic (exact) mass is 420 g/mol. The molecule has 8 heteroatoms. The first-order valence-corrected chi connectivity index (χ1v) is 10.1. The smallest absolute Gasteiger partial charge is 0.354 e. The van der Waals surface area contributed by atoms with Gasteiger partial charge >= 0.3 is 6.18 Å². The highest BCUT2D eigenvalue weighted by Crippen LogP contribution is 2.29. The number of carbonyl (C=O) groups excluding carboxylic acids is 1. The summed E-state index contributed by atoms with van der Waals surface area (Å²) in [7, 11) is 0. The normalized spacial score (nSPS) is 16.4. The van der Waals surface area contributed by atoms with E-state index in [0.717, 1.165) is 24.2 Å². The minimum Gasteiger partial charge on any atom is -0.354 e. The molecule has 30 heavy (non-hydrogen) atoms. The second-order valence-electron chi connectivity index (χ2n) is 7.61. The number of benzene rings is 1. The van der Waals surface area contributed by atoms with Crippen LogP contribution in [0.5, 0.6) is 0 Å². The molecule has 0 bridgehead atoms. The van der Waals surface area contributed by atoms with E-state index in [9.17, 15) is 18.0 Å². The number of piperazine rings is 1. The fraction of sp³-hybridized carbons (Fsp3) is 0.455. The third-order valence-electron chi connectivity index (χ3n) is 5.36. The highest BCUT2D eigenvalue weighted by Gasteiger charge is 2.31. The van der Waals surface area contributed by atoms with Crippen molar-refractivity contribution in [1.29, 1.82) is 0 Å². The van der Waals surface area contributed by atoms with Crippen molar-refractivity contribution in [3.8, 4) is 0 Å². The van der Waals surface area contributed by atoms with Crippen LogP contribution in [0.4, 0.5) is 19.0 Å². The molecule has 1 atom stereocenters. The summed E-state index contributed by atoms with van der Waals surface area (Å²) in [5.74, 6) is 0.501. The molecule has 5 nitrogen and oxygen atoms in total. The molecule has 1 saturated heterocycles. The summed E-state index contributed by atoms with van der Waals surface area (Å²) >= 11 is 0. The van der Waals surface area contributed by atoms with E-state index in [4.69, 9.17) is 0 Å². The van der Waals surface area contributed by atoms with Gasteiger partial charge in [-0.25, -0.2) is 4.98 Å². The zero-order chi connectivity index (χ0) is 21.7. The van der Waals surface area contributed by atoms with Gasteiger partial charge in [0, 0.05) is 32.4 Å². The van der Waals surface area contributed by atoms with Gasteiger partial charge in [0.05, 0.1) is 18.2 Å². The molecule has 1 aromatic carbocycles. The number of alkyl halides is 3. The molecule has 1 N–H and O–H groups in total. The number of rotatable bonds is 6. The molecule has 2 aromatic rings. The predicted molar refractivity (Wildman–Crippen MR) is 110 cm³/mol. The predicted octanol–water partition coefficient (Wildman–Crippen LogP) is 3.80. The lowest BCUT2D eigenvalue weighted by atomic mass is 10.0. The maximum atomic E-state index is 12.7. The number of aryl methyl sites for hydroxylation is 1. The Morgan fingerprint density at radius 1 is 1.10 bits per heavy atom. The van der Waals surface area contributed by atoms with E-state index in [1.165, 1.54) is 11.6 Å². The topological polar surface area (TPSA) is 48.5 Å². The standard InChI is InChI=1S/C22H27F3N4O/c1-3-19(17-6-4-16(2)5-7-17)27-21(30)15-28-10-12-29(13-11-28)20-9-8-18(14-26-20)22(23,24)25/h4-9,14,19H,3,10-13,15H2,1-2H3,(H,27,30)/t19-/m0/s1. The SMILES string of the molecule is CC[C@H](NC(=O)CN1CCN(c2ccc(C(F)(F)F)cn2)CC1)c1ccc(C)cc1. The Labute approximate surface area is 174 Å². The zero-order valence-electron chi connectivity index (χ0n) is 17.2. The van der Waals surface area contributed by atoms with E-state index in [-0.39, 0.29) is 11.9 Å². The number of hydrogen-bond donors (Lipinski definition) is 1. The van der Waals surface area contributed by atoms with Gasteiger partial charge in [0.25, 0.3) is 0 Å². The van der Waals surface area contributed by atoms with Gasteiger partial charge in [-0.1, -0.05) is 36.8 Å². The molecule has 162 valence electrons. The lowest BCUT2D eigenvalue weighted by Crippen LogP contribution is -2.50. The van der Waals surface area contributed by atoms with Crippen molar-refractivity contribution >= 4 is 11.7 Å². The quantitative estimate of drug-likeness (QED) is 0.772. The Morgan fingerprint density at radius 3 is 2.30 bits per heavy atom. The van der Waals surface area contributed by atoms with Gasteiger partial charge in [0.15, 0.2) is 0 Å². The fourth-order valence-corrected chi connectivity index (χ4v) is 3.54. The molecule has 0 aliphatic carbocycles. The minimum absolute atomic E-state index is 0.0178. The van der Waals surface area contributed by atoms with Gasteiger partial charge in [-0.05, 0) is 31.0 Å². The number of pyridine rings is 1. The Balaban J connectivity index is 1.49. The van der Waals surface area contributed by atoms with Gasteiger partial charge in [-0.15, -0.1) is 0 Å². The van der Waals surface area contributed by atoms with Crippen LogP contribution in [-0.4, -0.2) is 48.5 Å². The lowest BCUT2D eigenvalue weighted by Gasteiger charge is -2.35. The molecular formula is C22H27F3N4O. The van der Waals surface area contributed by atoms with Crippen molar-refractivity contribution in [3.63, 3.8) is 0 Å². The largest absolute Gasteiger partial charge is 0.417 e. The van der Waals surface area contributed by atoms with Crippen LogP contribution in [0.1, 0.15) is 36.1 Å². The minimum atomic E-state index is -4.38. The van der Waals surface area contributed by atoms with E-state index >= 15 is 0 Å². The zero-order valence-corrected chi connectivity index (χ0v) is 17.2. The lowest BCUT2D eigenvalue weighted by molar-refractivity contribution is -0.137. The van der Waals surface area contributed by atoms with E-state index in [0.29, 0.717) is 38.5 Å². The Morgan fingerprint density at radius 2 is 1.77 bits per heavy atom. The van der Waals surface area contributed by atoms with E-state index < -0.39 is 11.7 Å². The molecule has 1 aliphatic rings. The Bertz CT molecular complexity index is 829. The van der Waals surface area contributed by atoms with Gasteiger partial charge < -0.3 is 10.2 Å². The number of nitrogens with zero attached hydrogens (tertiary/aromatic N) is 3. The summed E-state index contributed by atoms with van der Waals surface area (Å²) in [5, 5.41) is 3.10. The van der Waals surface area contributed by atoms with Crippen molar-refractivity contribution in [2.45, 2.75) is 32.5 Å². The average Bonchev–Trinajstić information content (AvgIpc) is 2.73. The van der Waals surface area contributed by atoms with Crippen LogP contribution in [0.3, 0.4) is 0 Å². The molecule has 3 rings (SSSR count). The van der Waals surface area contributed by atoms with Gasteiger partial charge in [-0.3, -0.25) is 9.69 Å². The summed E-state index contributed by atoms with van der Waals surface area (Å²) in [6, 6.07) is 10.6. The third-order valence-corrected chi connectivity index (χ3v) is 5.36. The average molecular weight is 420 g/mol. The highest BCUT2D eigenvalue weighted by molar-refractivity contribution is 5.78. The molecule has 1 aromatic heterocycles. The molecule has 2 heterocycles. The molecule has 1 amide bonds. The fourth-order valence-electron chi connectivity index (χ4n) is 3.54. The van der Waals surface area contributed by atoms with Crippen LogP contribution in [0.2, 0.25) is 0 Å². The van der Waals surface area contributed by atoms with Crippen molar-refractivity contribution < 1.29 is 18.0 Å². The van der Waals surface area contributed by atoms with Crippen molar-refractivity contribution in [1.82, 2.24) is 15.2 Å². The number of nitrogens with one attached hydrogen (secondary N) is 1. The number of anilines is 1. The second-order valence-corrected chi connectivity index (χ2v) is 7.61. The highest BCUT2D eigenvalue weighted by atomic mass is 19.4. The summed E-state index contributed by atoms with van der Waals surface area (Å²) in [6.45, 7) is 6.90. The Kier molecular flexibility index (Phi) is 6.97. The van der Waals surface area contributed by atoms with E-state index in [1.54, 1.807) is 0 Å². The number of carbonyl (C=O) groups is 1. The van der Waals surface area contributed by atoms with Crippen LogP contribution < -0.4 is 10.2 Å². The van der Waals surface area contributed by atoms with Crippen LogP contribution in [-0.2, 0) is 11.0 Å². The molecule has 0 radical (unpaired) electrons. The second kappa shape index (κ2) is 9.47. The first kappa shape index (κ1) is 22.1. The van der Waals surface area contributed by atoms with Gasteiger partial charge in [0.1, 0.15) is 5.82 Å². The van der Waals surface area contributed by atoms with E-state index in [1.807, 2.05) is 43.0 Å². The number of amides is 1. The van der Waals surface area contributed by atoms with Crippen LogP contribution in [0.15, 0.2) is 42.6 Å². The van der Waals surface area contributed by atoms with E-state index in [2.05, 4.69) is 15.2 Å². The van der Waals surface area contributed by atoms with Crippen molar-refractivity contribution in [3.05, 3.63) is 59.3 Å². The maximum absolute atomic E-state index is 12.7. The molecular weight excluding hydrogens is 393 g/mol. The first-order chi connectivity index (χ1) is 14.3. The molecule has 0 spiro atoms.